The highest BCUT2D eigenvalue weighted by molar-refractivity contribution is 7.88. The molecule has 0 spiro atoms. The lowest BCUT2D eigenvalue weighted by Gasteiger charge is -2.30. The molecule has 7 N–H and O–H groups in total. The molecule has 1 unspecified atom stereocenters. The Morgan fingerprint density at radius 3 is 1.53 bits per heavy atom. The number of carbonyl (C=O) groups is 2. The Labute approximate surface area is 342 Å². The van der Waals surface area contributed by atoms with Gasteiger partial charge in [-0.1, -0.05) is 66.6 Å². The van der Waals surface area contributed by atoms with Crippen LogP contribution in [-0.2, 0) is 30.8 Å². The van der Waals surface area contributed by atoms with E-state index in [-0.39, 0.29) is 51.6 Å². The Balaban J connectivity index is 0.000000210. The summed E-state index contributed by atoms with van der Waals surface area (Å²) in [4.78, 5) is 41.2. The molecule has 58 heavy (non-hydrogen) atoms. The van der Waals surface area contributed by atoms with E-state index >= 15 is 0 Å². The second kappa shape index (κ2) is 20.3. The summed E-state index contributed by atoms with van der Waals surface area (Å²) in [6.45, 7) is 7.74. The third kappa shape index (κ3) is 13.1. The molecule has 0 aliphatic carbocycles. The topological polar surface area (TPSA) is 268 Å². The number of sulfonamides is 2. The van der Waals surface area contributed by atoms with Gasteiger partial charge in [0.05, 0.1) is 34.4 Å². The zero-order valence-corrected chi connectivity index (χ0v) is 35.7. The molecular weight excluding hydrogens is 805 g/mol. The zero-order valence-electron chi connectivity index (χ0n) is 33.3. The number of piperidine rings is 2. The van der Waals surface area contributed by atoms with Crippen LogP contribution >= 0.6 is 0 Å². The molecule has 1 atom stereocenters. The molecule has 6 rings (SSSR count). The predicted molar refractivity (Wildman–Crippen MR) is 226 cm³/mol. The van der Waals surface area contributed by atoms with Gasteiger partial charge in [-0.25, -0.2) is 40.4 Å². The van der Waals surface area contributed by atoms with Gasteiger partial charge in [-0.15, -0.1) is 0 Å². The molecular formula is C38H52N10O7S3. The Morgan fingerprint density at radius 1 is 0.724 bits per heavy atom. The SMILES string of the molecule is CCS(=O)c1ncc(C(=O)c2ccc(C)cc2)c(N)n1.CS(=O)(=O)N1CCC(N)CC1.Cc1ccc(C(=O)c2cnc(NC3CCN(S(C)(=O)=O)CC3)nc2N)cc1. The highest BCUT2D eigenvalue weighted by Gasteiger charge is 2.26. The number of hydrogen-bond donors (Lipinski definition) is 4. The van der Waals surface area contributed by atoms with Gasteiger partial charge < -0.3 is 22.5 Å². The number of rotatable bonds is 10. The van der Waals surface area contributed by atoms with Crippen molar-refractivity contribution in [3.05, 3.63) is 94.3 Å². The van der Waals surface area contributed by atoms with Gasteiger partial charge >= 0.3 is 0 Å². The number of hydrogen-bond acceptors (Lipinski definition) is 15. The third-order valence-electron chi connectivity index (χ3n) is 9.42. The van der Waals surface area contributed by atoms with Crippen molar-refractivity contribution in [3.63, 3.8) is 0 Å². The molecule has 2 aliphatic heterocycles. The van der Waals surface area contributed by atoms with E-state index in [0.717, 1.165) is 24.0 Å². The van der Waals surface area contributed by atoms with Gasteiger partial charge in [0.25, 0.3) is 0 Å². The van der Waals surface area contributed by atoms with Crippen LogP contribution in [0.5, 0.6) is 0 Å². The molecule has 0 saturated carbocycles. The lowest BCUT2D eigenvalue weighted by atomic mass is 10.0. The van der Waals surface area contributed by atoms with Crippen molar-refractivity contribution in [1.29, 1.82) is 0 Å². The van der Waals surface area contributed by atoms with Crippen LogP contribution < -0.4 is 22.5 Å². The number of nitrogen functional groups attached to an aromatic ring is 2. The fraction of sp³-hybridized carbons (Fsp3) is 0.421. The molecule has 2 aromatic carbocycles. The van der Waals surface area contributed by atoms with Crippen molar-refractivity contribution in [2.24, 2.45) is 5.73 Å². The number of ketones is 2. The molecule has 0 bridgehead atoms. The molecule has 0 amide bonds. The van der Waals surface area contributed by atoms with Crippen LogP contribution in [0.1, 0.15) is 75.6 Å². The van der Waals surface area contributed by atoms with Gasteiger partial charge in [0.15, 0.2) is 11.6 Å². The van der Waals surface area contributed by atoms with Crippen molar-refractivity contribution in [2.45, 2.75) is 63.7 Å². The molecule has 2 aromatic heterocycles. The first kappa shape index (κ1) is 46.0. The number of benzene rings is 2. The summed E-state index contributed by atoms with van der Waals surface area (Å²) in [6, 6.07) is 14.6. The summed E-state index contributed by atoms with van der Waals surface area (Å²) in [5.41, 5.74) is 21.0. The summed E-state index contributed by atoms with van der Waals surface area (Å²) < 4.78 is 59.6. The maximum absolute atomic E-state index is 12.6. The number of aryl methyl sites for hydroxylation is 2. The van der Waals surface area contributed by atoms with E-state index in [1.807, 2.05) is 38.1 Å². The Hall–Kier alpha value is -4.73. The van der Waals surface area contributed by atoms with Crippen LogP contribution in [0.25, 0.3) is 0 Å². The van der Waals surface area contributed by atoms with Crippen LogP contribution in [-0.4, -0.2) is 118 Å². The highest BCUT2D eigenvalue weighted by atomic mass is 32.2. The molecule has 4 heterocycles. The number of nitrogens with one attached hydrogen (secondary N) is 1. The Morgan fingerprint density at radius 2 is 1.14 bits per heavy atom. The summed E-state index contributed by atoms with van der Waals surface area (Å²) in [7, 11) is -7.41. The molecule has 2 saturated heterocycles. The van der Waals surface area contributed by atoms with E-state index in [0.29, 0.717) is 61.8 Å². The molecule has 2 fully saturated rings. The smallest absolute Gasteiger partial charge is 0.224 e. The summed E-state index contributed by atoms with van der Waals surface area (Å²) in [6.07, 6.45) is 8.10. The van der Waals surface area contributed by atoms with E-state index in [9.17, 15) is 30.6 Å². The number of carbonyl (C=O) groups excluding carboxylic acids is 2. The minimum absolute atomic E-state index is 0.0565. The molecule has 314 valence electrons. The Kier molecular flexibility index (Phi) is 16.1. The minimum atomic E-state index is -3.16. The van der Waals surface area contributed by atoms with Gasteiger partial charge in [0.2, 0.25) is 31.2 Å². The molecule has 4 aromatic rings. The second-order valence-electron chi connectivity index (χ2n) is 14.0. The third-order valence-corrected chi connectivity index (χ3v) is 13.2. The van der Waals surface area contributed by atoms with Gasteiger partial charge in [-0.3, -0.25) is 13.8 Å². The van der Waals surface area contributed by atoms with E-state index in [1.54, 1.807) is 31.2 Å². The van der Waals surface area contributed by atoms with Crippen molar-refractivity contribution in [3.8, 4) is 0 Å². The van der Waals surface area contributed by atoms with Crippen molar-refractivity contribution >= 4 is 60.0 Å². The number of nitrogens with zero attached hydrogens (tertiary/aromatic N) is 6. The molecule has 0 radical (unpaired) electrons. The Bertz CT molecular complexity index is 2300. The maximum Gasteiger partial charge on any atom is 0.224 e. The predicted octanol–water partition coefficient (Wildman–Crippen LogP) is 2.53. The van der Waals surface area contributed by atoms with Crippen LogP contribution in [0.4, 0.5) is 17.6 Å². The maximum atomic E-state index is 12.6. The largest absolute Gasteiger partial charge is 0.383 e. The van der Waals surface area contributed by atoms with Crippen molar-refractivity contribution in [2.75, 3.05) is 61.2 Å². The standard InChI is InChI=1S/C18H23N5O3S.C14H15N3O2S.C6H14N2O2S/c1-12-3-5-13(6-4-12)16(24)15-11-20-18(22-17(15)19)21-14-7-9-23(10-8-14)27(2,25)26;1-3-20(19)14-16-8-11(13(15)17-14)12(18)10-6-4-9(2)5-7-10;1-11(9,10)8-4-2-6(7)3-5-8/h3-6,11,14H,7-10H2,1-2H3,(H3,19,20,21,22);4-8H,3H2,1-2H3,(H2,15,16,17);6H,2-5,7H2,1H3. The summed E-state index contributed by atoms with van der Waals surface area (Å²) >= 11 is 0. The van der Waals surface area contributed by atoms with Crippen LogP contribution in [0, 0.1) is 13.8 Å². The minimum Gasteiger partial charge on any atom is -0.383 e. The van der Waals surface area contributed by atoms with Crippen LogP contribution in [0.15, 0.2) is 66.1 Å². The first-order valence-electron chi connectivity index (χ1n) is 18.5. The monoisotopic (exact) mass is 856 g/mol. The quantitative estimate of drug-likeness (QED) is 0.132. The summed E-state index contributed by atoms with van der Waals surface area (Å²) in [5.74, 6) is 0.460. The number of aromatic nitrogens is 4. The van der Waals surface area contributed by atoms with E-state index in [4.69, 9.17) is 17.2 Å². The number of nitrogens with two attached hydrogens (primary N) is 3. The first-order valence-corrected chi connectivity index (χ1v) is 23.6. The second-order valence-corrected chi connectivity index (χ2v) is 19.6. The fourth-order valence-corrected chi connectivity index (χ4v) is 8.25. The normalized spacial score (nSPS) is 16.2. The number of anilines is 3. The van der Waals surface area contributed by atoms with E-state index in [2.05, 4.69) is 25.3 Å². The lowest BCUT2D eigenvalue weighted by Crippen LogP contribution is -2.42. The van der Waals surface area contributed by atoms with Gasteiger partial charge in [-0.05, 0) is 39.5 Å². The van der Waals surface area contributed by atoms with E-state index in [1.165, 1.54) is 33.5 Å². The van der Waals surface area contributed by atoms with Crippen molar-refractivity contribution in [1.82, 2.24) is 28.5 Å². The molecule has 17 nitrogen and oxygen atoms in total. The van der Waals surface area contributed by atoms with Gasteiger partial charge in [0.1, 0.15) is 11.6 Å². The van der Waals surface area contributed by atoms with Crippen LogP contribution in [0.3, 0.4) is 0 Å². The highest BCUT2D eigenvalue weighted by Crippen LogP contribution is 2.20. The fourth-order valence-electron chi connectivity index (χ4n) is 5.87. The first-order chi connectivity index (χ1) is 27.3. The van der Waals surface area contributed by atoms with Crippen LogP contribution in [0.2, 0.25) is 0 Å². The average molecular weight is 857 g/mol. The average Bonchev–Trinajstić information content (AvgIpc) is 3.18. The van der Waals surface area contributed by atoms with Crippen molar-refractivity contribution < 1.29 is 30.6 Å². The molecule has 20 heteroatoms. The van der Waals surface area contributed by atoms with Gasteiger partial charge in [-0.2, -0.15) is 4.98 Å². The molecule has 2 aliphatic rings. The van der Waals surface area contributed by atoms with E-state index < -0.39 is 30.8 Å². The lowest BCUT2D eigenvalue weighted by molar-refractivity contribution is 0.103. The summed E-state index contributed by atoms with van der Waals surface area (Å²) in [5, 5.41) is 3.33. The van der Waals surface area contributed by atoms with Gasteiger partial charge in [0, 0.05) is 67.5 Å². The zero-order chi connectivity index (χ0) is 42.8.